The average Bonchev–Trinajstić information content (AvgIpc) is 3.35. The number of carbonyl (C=O) groups excluding carboxylic acids is 1. The number of hydrogen-bond acceptors (Lipinski definition) is 5. The van der Waals surface area contributed by atoms with Crippen molar-refractivity contribution in [1.29, 1.82) is 0 Å². The van der Waals surface area contributed by atoms with Gasteiger partial charge >= 0.3 is 0 Å². The Morgan fingerprint density at radius 1 is 0.935 bits per heavy atom. The van der Waals surface area contributed by atoms with Crippen LogP contribution in [0.1, 0.15) is 30.9 Å². The van der Waals surface area contributed by atoms with E-state index in [1.54, 1.807) is 11.3 Å². The number of benzene rings is 2. The molecule has 0 unspecified atom stereocenters. The van der Waals surface area contributed by atoms with Gasteiger partial charge < -0.3 is 9.80 Å². The number of carbonyl (C=O) groups is 1. The van der Waals surface area contributed by atoms with Crippen molar-refractivity contribution in [2.75, 3.05) is 31.1 Å². The van der Waals surface area contributed by atoms with Crippen LogP contribution < -0.4 is 10.2 Å². The number of aromatic nitrogens is 1. The first-order valence-electron chi connectivity index (χ1n) is 10.5. The topological polar surface area (TPSA) is 48.5 Å². The molecule has 0 bridgehead atoms. The maximum Gasteiger partial charge on any atom is 0.239 e. The third-order valence-corrected chi connectivity index (χ3v) is 7.10. The van der Waals surface area contributed by atoms with Crippen LogP contribution in [0.3, 0.4) is 0 Å². The van der Waals surface area contributed by atoms with E-state index >= 15 is 0 Å². The maximum absolute atomic E-state index is 13.1. The third kappa shape index (κ3) is 5.14. The van der Waals surface area contributed by atoms with Crippen LogP contribution in [0.2, 0.25) is 0 Å². The second kappa shape index (κ2) is 10.6. The molecule has 8 heteroatoms. The second-order valence-electron chi connectivity index (χ2n) is 7.89. The van der Waals surface area contributed by atoms with Crippen LogP contribution in [0, 0.1) is 0 Å². The maximum atomic E-state index is 13.1. The summed E-state index contributed by atoms with van der Waals surface area (Å²) >= 11 is 1.74. The lowest BCUT2D eigenvalue weighted by Gasteiger charge is -2.25. The van der Waals surface area contributed by atoms with Gasteiger partial charge in [-0.25, -0.2) is 4.98 Å². The van der Waals surface area contributed by atoms with E-state index in [0.717, 1.165) is 56.1 Å². The largest absolute Gasteiger partial charge is 0.346 e. The summed E-state index contributed by atoms with van der Waals surface area (Å²) in [4.78, 5) is 22.3. The van der Waals surface area contributed by atoms with Crippen LogP contribution in [0.15, 0.2) is 54.6 Å². The molecule has 2 atom stereocenters. The van der Waals surface area contributed by atoms with Crippen LogP contribution in [-0.2, 0) is 4.79 Å². The Bertz CT molecular complexity index is 966. The first-order valence-corrected chi connectivity index (χ1v) is 11.3. The van der Waals surface area contributed by atoms with Gasteiger partial charge in [-0.1, -0.05) is 53.8 Å². The summed E-state index contributed by atoms with van der Waals surface area (Å²) < 4.78 is 1.22. The molecule has 2 aromatic carbocycles. The smallest absolute Gasteiger partial charge is 0.239 e. The molecule has 1 aromatic heterocycles. The van der Waals surface area contributed by atoms with Crippen LogP contribution in [-0.4, -0.2) is 48.0 Å². The monoisotopic (exact) mass is 478 g/mol. The average molecular weight is 479 g/mol. The SMILES string of the molecule is Cl.Cl.O=C([C@H]1CC[C@H](c2ccccc2)N1)N1CCCN(c2nc3ccccc3s2)CC1. The fourth-order valence-corrected chi connectivity index (χ4v) is 5.45. The standard InChI is InChI=1S/C23H26N4OS.2ClH/c28-22(20-12-11-18(24-20)17-7-2-1-3-8-17)26-13-6-14-27(16-15-26)23-25-19-9-4-5-10-21(19)29-23;;/h1-5,7-10,18,20,24H,6,11-16H2;2*1H/t18-,20-;;/m1../s1. The molecule has 2 aliphatic rings. The van der Waals surface area contributed by atoms with Crippen LogP contribution in [0.25, 0.3) is 10.2 Å². The normalized spacial score (nSPS) is 21.3. The zero-order chi connectivity index (χ0) is 19.6. The fraction of sp³-hybridized carbons (Fsp3) is 0.391. The number of thiazole rings is 1. The zero-order valence-electron chi connectivity index (χ0n) is 17.3. The molecule has 0 spiro atoms. The first-order chi connectivity index (χ1) is 14.3. The van der Waals surface area contributed by atoms with Gasteiger partial charge in [-0.3, -0.25) is 10.1 Å². The summed E-state index contributed by atoms with van der Waals surface area (Å²) in [6.45, 7) is 3.39. The minimum Gasteiger partial charge on any atom is -0.346 e. The van der Waals surface area contributed by atoms with Gasteiger partial charge in [-0.2, -0.15) is 0 Å². The third-order valence-electron chi connectivity index (χ3n) is 6.01. The number of nitrogens with zero attached hydrogens (tertiary/aromatic N) is 3. The highest BCUT2D eigenvalue weighted by atomic mass is 35.5. The quantitative estimate of drug-likeness (QED) is 0.593. The highest BCUT2D eigenvalue weighted by Gasteiger charge is 2.33. The summed E-state index contributed by atoms with van der Waals surface area (Å²) in [5.74, 6) is 0.259. The lowest BCUT2D eigenvalue weighted by molar-refractivity contribution is -0.132. The molecule has 0 radical (unpaired) electrons. The van der Waals surface area contributed by atoms with E-state index in [0.29, 0.717) is 0 Å². The lowest BCUT2D eigenvalue weighted by atomic mass is 10.1. The van der Waals surface area contributed by atoms with E-state index in [1.807, 2.05) is 12.1 Å². The van der Waals surface area contributed by atoms with Gasteiger partial charge in [0.25, 0.3) is 0 Å². The molecule has 5 nitrogen and oxygen atoms in total. The predicted octanol–water partition coefficient (Wildman–Crippen LogP) is 4.67. The minimum absolute atomic E-state index is 0. The Morgan fingerprint density at radius 3 is 2.52 bits per heavy atom. The molecule has 2 saturated heterocycles. The molecule has 0 saturated carbocycles. The number of fused-ring (bicyclic) bond motifs is 1. The van der Waals surface area contributed by atoms with E-state index in [2.05, 4.69) is 57.6 Å². The van der Waals surface area contributed by atoms with Gasteiger partial charge in [0, 0.05) is 32.2 Å². The highest BCUT2D eigenvalue weighted by Crippen LogP contribution is 2.30. The Morgan fingerprint density at radius 2 is 1.71 bits per heavy atom. The van der Waals surface area contributed by atoms with Crippen molar-refractivity contribution in [2.45, 2.75) is 31.3 Å². The van der Waals surface area contributed by atoms with Gasteiger partial charge in [0.2, 0.25) is 5.91 Å². The molecule has 166 valence electrons. The van der Waals surface area contributed by atoms with Crippen LogP contribution in [0.5, 0.6) is 0 Å². The first kappa shape index (κ1) is 23.8. The highest BCUT2D eigenvalue weighted by molar-refractivity contribution is 7.22. The predicted molar refractivity (Wildman–Crippen MR) is 133 cm³/mol. The summed E-state index contributed by atoms with van der Waals surface area (Å²) in [5, 5.41) is 4.64. The molecule has 3 heterocycles. The molecule has 3 aromatic rings. The van der Waals surface area contributed by atoms with Crippen molar-refractivity contribution in [2.24, 2.45) is 0 Å². The molecule has 2 aliphatic heterocycles. The van der Waals surface area contributed by atoms with Crippen LogP contribution in [0.4, 0.5) is 5.13 Å². The molecule has 31 heavy (non-hydrogen) atoms. The number of rotatable bonds is 3. The van der Waals surface area contributed by atoms with Gasteiger partial charge in [0.15, 0.2) is 5.13 Å². The number of para-hydroxylation sites is 1. The van der Waals surface area contributed by atoms with E-state index < -0.39 is 0 Å². The molecule has 1 amide bonds. The molecule has 2 fully saturated rings. The molecular weight excluding hydrogens is 451 g/mol. The number of nitrogens with one attached hydrogen (secondary N) is 1. The van der Waals surface area contributed by atoms with Crippen molar-refractivity contribution < 1.29 is 4.79 Å². The van der Waals surface area contributed by atoms with Gasteiger partial charge in [0.1, 0.15) is 0 Å². The number of amides is 1. The van der Waals surface area contributed by atoms with E-state index in [-0.39, 0.29) is 42.8 Å². The van der Waals surface area contributed by atoms with Crippen molar-refractivity contribution in [1.82, 2.24) is 15.2 Å². The van der Waals surface area contributed by atoms with Crippen molar-refractivity contribution >= 4 is 57.4 Å². The summed E-state index contributed by atoms with van der Waals surface area (Å²) in [7, 11) is 0. The Balaban J connectivity index is 0.00000136. The summed E-state index contributed by atoms with van der Waals surface area (Å²) in [6.07, 6.45) is 2.92. The van der Waals surface area contributed by atoms with E-state index in [1.165, 1.54) is 10.3 Å². The van der Waals surface area contributed by atoms with E-state index in [9.17, 15) is 4.79 Å². The molecule has 0 aliphatic carbocycles. The van der Waals surface area contributed by atoms with Crippen molar-refractivity contribution in [3.05, 3.63) is 60.2 Å². The van der Waals surface area contributed by atoms with Crippen LogP contribution >= 0.6 is 36.2 Å². The number of hydrogen-bond donors (Lipinski definition) is 1. The van der Waals surface area contributed by atoms with Crippen molar-refractivity contribution in [3.63, 3.8) is 0 Å². The number of anilines is 1. The zero-order valence-corrected chi connectivity index (χ0v) is 19.7. The van der Waals surface area contributed by atoms with Gasteiger partial charge in [0.05, 0.1) is 16.3 Å². The Hall–Kier alpha value is -1.86. The lowest BCUT2D eigenvalue weighted by Crippen LogP contribution is -2.45. The number of halogens is 2. The summed E-state index contributed by atoms with van der Waals surface area (Å²) in [5.41, 5.74) is 2.34. The minimum atomic E-state index is -0.0609. The fourth-order valence-electron chi connectivity index (χ4n) is 4.43. The summed E-state index contributed by atoms with van der Waals surface area (Å²) in [6, 6.07) is 19.0. The van der Waals surface area contributed by atoms with E-state index in [4.69, 9.17) is 4.98 Å². The molecule has 1 N–H and O–H groups in total. The molecular formula is C23H28Cl2N4OS. The molecule has 5 rings (SSSR count). The van der Waals surface area contributed by atoms with Crippen molar-refractivity contribution in [3.8, 4) is 0 Å². The van der Waals surface area contributed by atoms with Gasteiger partial charge in [-0.15, -0.1) is 24.8 Å². The second-order valence-corrected chi connectivity index (χ2v) is 8.90. The van der Waals surface area contributed by atoms with Gasteiger partial charge in [-0.05, 0) is 37.0 Å². The Labute approximate surface area is 199 Å². The Kier molecular flexibility index (Phi) is 8.17.